The summed E-state index contributed by atoms with van der Waals surface area (Å²) in [6, 6.07) is 71.3. The lowest BCUT2D eigenvalue weighted by Crippen LogP contribution is -2.48. The van der Waals surface area contributed by atoms with Gasteiger partial charge in [-0.25, -0.2) is 0 Å². The van der Waals surface area contributed by atoms with E-state index >= 15 is 0 Å². The molecule has 3 atom stereocenters. The summed E-state index contributed by atoms with van der Waals surface area (Å²) in [5.74, 6) is 5.32. The van der Waals surface area contributed by atoms with E-state index in [0.717, 1.165) is 61.2 Å². The minimum Gasteiger partial charge on any atom is -0.310 e. The summed E-state index contributed by atoms with van der Waals surface area (Å²) in [6.45, 7) is 4.88. The van der Waals surface area contributed by atoms with Crippen molar-refractivity contribution in [3.05, 3.63) is 226 Å². The first kappa shape index (κ1) is 44.8. The van der Waals surface area contributed by atoms with E-state index < -0.39 is 0 Å². The molecule has 8 aromatic carbocycles. The Morgan fingerprint density at radius 2 is 1.00 bits per heavy atom. The van der Waals surface area contributed by atoms with Crippen molar-refractivity contribution < 1.29 is 0 Å². The molecule has 11 aliphatic rings. The molecule has 11 aliphatic carbocycles. The second-order valence-electron chi connectivity index (χ2n) is 25.0. The first-order valence-electron chi connectivity index (χ1n) is 28.7. The first-order chi connectivity index (χ1) is 36.3. The normalized spacial score (nSPS) is 25.4. The fourth-order valence-electron chi connectivity index (χ4n) is 17.1. The molecule has 0 heterocycles. The molecule has 10 bridgehead atoms. The maximum Gasteiger partial charge on any atom is 0.0496 e. The molecule has 8 aromatic rings. The molecule has 2 nitrogen and oxygen atoms in total. The highest BCUT2D eigenvalue weighted by Crippen LogP contribution is 2.61. The van der Waals surface area contributed by atoms with Crippen molar-refractivity contribution in [2.24, 2.45) is 29.6 Å². The number of rotatable bonds is 9. The Balaban J connectivity index is 0.816. The third-order valence-corrected chi connectivity index (χ3v) is 20.3. The van der Waals surface area contributed by atoms with E-state index in [4.69, 9.17) is 0 Å². The lowest BCUT2D eigenvalue weighted by Gasteiger charge is -2.57. The van der Waals surface area contributed by atoms with Gasteiger partial charge in [0, 0.05) is 39.5 Å². The standard InChI is InChI=1S/C72H70N2/c1-71(2)66-15-9-14-63(53-10-5-3-6-11-53)70(66)64-35-34-62(43-67(64)71)74(61-32-28-58(29-33-61)72-44-50-36-51(45-72)38-52(37-50)46-72)69-42-48-17-22-55-21-16-47(18-23-56(69)24-19-48)41-68(55)73(59-12-7-4-8-13-59)60-30-26-54(27-31-60)65-40-49-20-25-57(65)39-49/h3-16,19,21,24,26-35,41-43,49-52,57,65H,17-18,20,22-23,25,36-40,44-46H2,1-2H3. The largest absolute Gasteiger partial charge is 0.310 e. The van der Waals surface area contributed by atoms with Crippen LogP contribution in [0.2, 0.25) is 0 Å². The van der Waals surface area contributed by atoms with E-state index in [-0.39, 0.29) is 5.41 Å². The lowest BCUT2D eigenvalue weighted by molar-refractivity contribution is -0.00518. The van der Waals surface area contributed by atoms with Gasteiger partial charge >= 0.3 is 0 Å². The summed E-state index contributed by atoms with van der Waals surface area (Å²) in [4.78, 5) is 5.20. The Bertz CT molecular complexity index is 3380. The van der Waals surface area contributed by atoms with Crippen molar-refractivity contribution in [2.45, 2.75) is 120 Å². The van der Waals surface area contributed by atoms with Gasteiger partial charge in [-0.15, -0.1) is 0 Å². The van der Waals surface area contributed by atoms with E-state index in [1.54, 1.807) is 11.1 Å². The van der Waals surface area contributed by atoms with Gasteiger partial charge in [-0.05, 0) is 252 Å². The summed E-state index contributed by atoms with van der Waals surface area (Å²) in [5.41, 5.74) is 24.7. The van der Waals surface area contributed by atoms with E-state index in [2.05, 4.69) is 206 Å². The highest BCUT2D eigenvalue weighted by molar-refractivity contribution is 5.94. The predicted octanol–water partition coefficient (Wildman–Crippen LogP) is 18.9. The van der Waals surface area contributed by atoms with Gasteiger partial charge in [0.15, 0.2) is 0 Å². The molecule has 0 spiro atoms. The zero-order valence-corrected chi connectivity index (χ0v) is 43.6. The summed E-state index contributed by atoms with van der Waals surface area (Å²) in [5, 5.41) is 0. The second kappa shape index (κ2) is 17.5. The lowest BCUT2D eigenvalue weighted by atomic mass is 9.48. The molecular formula is C72H70N2. The SMILES string of the molecule is CC1(C)c2cc(N(c3ccc(C45CC6CC(CC(C6)C4)C5)cc3)c3cc4ccc3CCc3ccc(c(N(c5ccccc5)c5ccc(C6CC7CCC6C7)cc5)c3)CC4)ccc2-c2c(-c3ccccc3)cccc21. The van der Waals surface area contributed by atoms with Gasteiger partial charge in [0.2, 0.25) is 0 Å². The van der Waals surface area contributed by atoms with Crippen LogP contribution in [0.15, 0.2) is 182 Å². The fourth-order valence-corrected chi connectivity index (χ4v) is 17.1. The van der Waals surface area contributed by atoms with Gasteiger partial charge in [-0.2, -0.15) is 0 Å². The smallest absolute Gasteiger partial charge is 0.0496 e. The maximum absolute atomic E-state index is 2.65. The summed E-state index contributed by atoms with van der Waals surface area (Å²) in [6.07, 6.45) is 18.1. The quantitative estimate of drug-likeness (QED) is 0.142. The Morgan fingerprint density at radius 3 is 1.61 bits per heavy atom. The minimum absolute atomic E-state index is 0.157. The van der Waals surface area contributed by atoms with Crippen LogP contribution in [0, 0.1) is 29.6 Å². The molecule has 2 heteroatoms. The number of fused-ring (bicyclic) bond motifs is 5. The zero-order valence-electron chi connectivity index (χ0n) is 43.6. The van der Waals surface area contributed by atoms with Crippen molar-refractivity contribution in [1.29, 1.82) is 0 Å². The van der Waals surface area contributed by atoms with Crippen LogP contribution in [0.1, 0.15) is 128 Å². The highest BCUT2D eigenvalue weighted by Gasteiger charge is 2.51. The summed E-state index contributed by atoms with van der Waals surface area (Å²) in [7, 11) is 0. The molecule has 74 heavy (non-hydrogen) atoms. The highest BCUT2D eigenvalue weighted by atomic mass is 15.2. The third-order valence-electron chi connectivity index (χ3n) is 20.3. The molecule has 0 N–H and O–H groups in total. The molecule has 0 amide bonds. The van der Waals surface area contributed by atoms with Crippen LogP contribution < -0.4 is 9.80 Å². The number of anilines is 6. The molecule has 0 saturated heterocycles. The zero-order chi connectivity index (χ0) is 49.1. The van der Waals surface area contributed by atoms with Crippen molar-refractivity contribution in [1.82, 2.24) is 0 Å². The number of hydrogen-bond donors (Lipinski definition) is 0. The van der Waals surface area contributed by atoms with Crippen LogP contribution in [0.4, 0.5) is 34.1 Å². The van der Waals surface area contributed by atoms with Crippen LogP contribution in [0.25, 0.3) is 22.3 Å². The van der Waals surface area contributed by atoms with Gasteiger partial charge in [0.05, 0.1) is 0 Å². The topological polar surface area (TPSA) is 6.48 Å². The van der Waals surface area contributed by atoms with E-state index in [1.165, 1.54) is 154 Å². The first-order valence-corrected chi connectivity index (χ1v) is 28.7. The second-order valence-corrected chi connectivity index (χ2v) is 25.0. The Morgan fingerprint density at radius 1 is 0.419 bits per heavy atom. The number of hydrogen-bond acceptors (Lipinski definition) is 2. The van der Waals surface area contributed by atoms with E-state index in [0.29, 0.717) is 5.41 Å². The van der Waals surface area contributed by atoms with Gasteiger partial charge in [-0.3, -0.25) is 0 Å². The molecule has 0 radical (unpaired) electrons. The molecule has 0 aromatic heterocycles. The Labute approximate surface area is 440 Å². The van der Waals surface area contributed by atoms with Gasteiger partial charge in [0.25, 0.3) is 0 Å². The molecule has 6 fully saturated rings. The van der Waals surface area contributed by atoms with Crippen molar-refractivity contribution in [2.75, 3.05) is 9.80 Å². The fraction of sp³-hybridized carbons (Fsp3) is 0.333. The van der Waals surface area contributed by atoms with Crippen LogP contribution in [0.3, 0.4) is 0 Å². The van der Waals surface area contributed by atoms with Crippen molar-refractivity contribution in [3.63, 3.8) is 0 Å². The molecule has 0 aliphatic heterocycles. The minimum atomic E-state index is -0.157. The average molecular weight is 963 g/mol. The molecule has 6 saturated carbocycles. The summed E-state index contributed by atoms with van der Waals surface area (Å²) < 4.78 is 0. The third kappa shape index (κ3) is 7.47. The molecule has 3 unspecified atom stereocenters. The maximum atomic E-state index is 2.65. The van der Waals surface area contributed by atoms with Crippen molar-refractivity contribution in [3.8, 4) is 22.3 Å². The van der Waals surface area contributed by atoms with Gasteiger partial charge in [0.1, 0.15) is 0 Å². The molecule has 19 rings (SSSR count). The Hall–Kier alpha value is -6.64. The Kier molecular flexibility index (Phi) is 10.6. The van der Waals surface area contributed by atoms with Crippen molar-refractivity contribution >= 4 is 34.1 Å². The number of nitrogens with zero attached hydrogens (tertiary/aromatic N) is 2. The monoisotopic (exact) mass is 963 g/mol. The van der Waals surface area contributed by atoms with Gasteiger partial charge in [-0.1, -0.05) is 142 Å². The van der Waals surface area contributed by atoms with Crippen LogP contribution in [-0.4, -0.2) is 0 Å². The van der Waals surface area contributed by atoms with Gasteiger partial charge < -0.3 is 9.80 Å². The summed E-state index contributed by atoms with van der Waals surface area (Å²) >= 11 is 0. The predicted molar refractivity (Wildman–Crippen MR) is 308 cm³/mol. The van der Waals surface area contributed by atoms with E-state index in [9.17, 15) is 0 Å². The molecule has 368 valence electrons. The van der Waals surface area contributed by atoms with E-state index in [1.807, 2.05) is 0 Å². The average Bonchev–Trinajstić information content (AvgIpc) is 4.13. The van der Waals surface area contributed by atoms with Crippen LogP contribution in [0.5, 0.6) is 0 Å². The van der Waals surface area contributed by atoms with Crippen LogP contribution >= 0.6 is 0 Å². The number of para-hydroxylation sites is 1. The van der Waals surface area contributed by atoms with Crippen LogP contribution in [-0.2, 0) is 36.5 Å². The number of benzene rings is 8. The number of aryl methyl sites for hydroxylation is 4. The molecular weight excluding hydrogens is 893 g/mol.